The summed E-state index contributed by atoms with van der Waals surface area (Å²) in [7, 11) is -3.49. The number of hydrogen-bond donors (Lipinski definition) is 0. The summed E-state index contributed by atoms with van der Waals surface area (Å²) in [5.41, 5.74) is 1.18. The van der Waals surface area contributed by atoms with Crippen molar-refractivity contribution in [2.75, 3.05) is 25.4 Å². The van der Waals surface area contributed by atoms with Crippen LogP contribution in [0.25, 0.3) is 0 Å². The van der Waals surface area contributed by atoms with E-state index in [0.29, 0.717) is 25.2 Å². The monoisotopic (exact) mass is 309 g/mol. The van der Waals surface area contributed by atoms with Crippen LogP contribution in [0.5, 0.6) is 0 Å². The molecule has 0 saturated heterocycles. The molecule has 0 aliphatic carbocycles. The Hall–Kier alpha value is -1.89. The van der Waals surface area contributed by atoms with Crippen molar-refractivity contribution < 1.29 is 13.2 Å². The number of rotatable bonds is 4. The molecule has 0 aromatic rings. The fourth-order valence-electron chi connectivity index (χ4n) is 2.21. The lowest BCUT2D eigenvalue weighted by molar-refractivity contribution is -0.126. The van der Waals surface area contributed by atoms with E-state index in [1.807, 2.05) is 13.8 Å². The van der Waals surface area contributed by atoms with Crippen LogP contribution in [0.3, 0.4) is 0 Å². The smallest absolute Gasteiger partial charge is 0.257 e. The lowest BCUT2D eigenvalue weighted by Gasteiger charge is -2.31. The Morgan fingerprint density at radius 2 is 2.24 bits per heavy atom. The molecule has 0 fully saturated rings. The Bertz CT molecular complexity index is 659. The minimum Gasteiger partial charge on any atom is -0.335 e. The molecule has 2 aliphatic rings. The third-order valence-electron chi connectivity index (χ3n) is 3.22. The average molecular weight is 309 g/mol. The highest BCUT2D eigenvalue weighted by molar-refractivity contribution is 7.90. The number of hydrogen-bond acceptors (Lipinski definition) is 4. The van der Waals surface area contributed by atoms with E-state index >= 15 is 0 Å². The van der Waals surface area contributed by atoms with Gasteiger partial charge in [0, 0.05) is 25.8 Å². The van der Waals surface area contributed by atoms with Gasteiger partial charge < -0.3 is 9.80 Å². The quantitative estimate of drug-likeness (QED) is 0.724. The summed E-state index contributed by atoms with van der Waals surface area (Å²) in [6, 6.07) is 0. The molecule has 0 radical (unpaired) electrons. The van der Waals surface area contributed by atoms with Crippen LogP contribution in [-0.2, 0) is 14.8 Å². The molecule has 114 valence electrons. The topological polar surface area (TPSA) is 70.1 Å². The van der Waals surface area contributed by atoms with Gasteiger partial charge in [-0.3, -0.25) is 4.79 Å². The van der Waals surface area contributed by atoms with Crippen LogP contribution >= 0.6 is 0 Å². The molecule has 0 unspecified atom stereocenters. The Balaban J connectivity index is 2.35. The zero-order valence-corrected chi connectivity index (χ0v) is 13.1. The van der Waals surface area contributed by atoms with Crippen molar-refractivity contribution in [2.45, 2.75) is 13.8 Å². The van der Waals surface area contributed by atoms with Gasteiger partial charge in [0.05, 0.1) is 11.3 Å². The molecule has 2 heterocycles. The second-order valence-electron chi connectivity index (χ2n) is 5.09. The first kappa shape index (κ1) is 15.5. The summed E-state index contributed by atoms with van der Waals surface area (Å²) in [5, 5.41) is 0. The normalized spacial score (nSPS) is 19.4. The first-order valence-electron chi connectivity index (χ1n) is 6.76. The van der Waals surface area contributed by atoms with Gasteiger partial charge in [-0.2, -0.15) is 0 Å². The Morgan fingerprint density at radius 1 is 1.52 bits per heavy atom. The van der Waals surface area contributed by atoms with Gasteiger partial charge in [0.15, 0.2) is 5.84 Å². The highest BCUT2D eigenvalue weighted by Gasteiger charge is 2.31. The molecule has 6 nitrogen and oxygen atoms in total. The van der Waals surface area contributed by atoms with Crippen LogP contribution < -0.4 is 0 Å². The molecule has 21 heavy (non-hydrogen) atoms. The summed E-state index contributed by atoms with van der Waals surface area (Å²) in [6.07, 6.45) is 5.08. The zero-order chi connectivity index (χ0) is 15.6. The second-order valence-corrected chi connectivity index (χ2v) is 6.85. The molecular weight excluding hydrogens is 290 g/mol. The largest absolute Gasteiger partial charge is 0.335 e. The Kier molecular flexibility index (Phi) is 4.32. The van der Waals surface area contributed by atoms with Gasteiger partial charge in [0.2, 0.25) is 0 Å². The molecule has 0 saturated carbocycles. The second kappa shape index (κ2) is 5.85. The molecule has 7 heteroatoms. The minimum atomic E-state index is -3.49. The average Bonchev–Trinajstić information content (AvgIpc) is 2.42. The first-order chi connectivity index (χ1) is 9.84. The number of amidine groups is 1. The van der Waals surface area contributed by atoms with Crippen LogP contribution in [0.15, 0.2) is 40.5 Å². The molecule has 0 bridgehead atoms. The third-order valence-corrected chi connectivity index (χ3v) is 4.37. The molecule has 0 aromatic heterocycles. The summed E-state index contributed by atoms with van der Waals surface area (Å²) in [4.78, 5) is 15.9. The number of fused-ring (bicyclic) bond motifs is 1. The summed E-state index contributed by atoms with van der Waals surface area (Å²) < 4.78 is 27.1. The third kappa shape index (κ3) is 3.41. The van der Waals surface area contributed by atoms with Crippen LogP contribution in [-0.4, -0.2) is 55.3 Å². The van der Waals surface area contributed by atoms with Crippen molar-refractivity contribution in [3.8, 4) is 0 Å². The van der Waals surface area contributed by atoms with Crippen LogP contribution in [0.1, 0.15) is 13.8 Å². The van der Waals surface area contributed by atoms with E-state index in [1.54, 1.807) is 28.2 Å². The van der Waals surface area contributed by atoms with E-state index < -0.39 is 10.0 Å². The van der Waals surface area contributed by atoms with E-state index in [-0.39, 0.29) is 17.5 Å². The molecule has 0 atom stereocenters. The van der Waals surface area contributed by atoms with Gasteiger partial charge in [-0.15, -0.1) is 4.40 Å². The summed E-state index contributed by atoms with van der Waals surface area (Å²) in [6.45, 7) is 8.81. The van der Waals surface area contributed by atoms with Crippen molar-refractivity contribution >= 4 is 21.8 Å². The van der Waals surface area contributed by atoms with E-state index in [2.05, 4.69) is 11.0 Å². The lowest BCUT2D eigenvalue weighted by atomic mass is 10.1. The van der Waals surface area contributed by atoms with Crippen LogP contribution in [0.4, 0.5) is 0 Å². The van der Waals surface area contributed by atoms with Crippen molar-refractivity contribution in [1.29, 1.82) is 0 Å². The Labute approximate surface area is 125 Å². The minimum absolute atomic E-state index is 0.0361. The maximum absolute atomic E-state index is 12.6. The summed E-state index contributed by atoms with van der Waals surface area (Å²) in [5.74, 6) is -0.0504. The number of carbonyl (C=O) groups is 1. The SMILES string of the molecule is C=C(C)CN(CC)C(=O)C1=CC=CN2CCS(=O)(=O)N=C12. The van der Waals surface area contributed by atoms with E-state index in [0.717, 1.165) is 5.57 Å². The van der Waals surface area contributed by atoms with Gasteiger partial charge in [0.1, 0.15) is 0 Å². The molecule has 2 rings (SSSR count). The maximum atomic E-state index is 12.6. The number of likely N-dealkylation sites (N-methyl/N-ethyl adjacent to an activating group) is 1. The highest BCUT2D eigenvalue weighted by atomic mass is 32.2. The fraction of sp³-hybridized carbons (Fsp3) is 0.429. The van der Waals surface area contributed by atoms with E-state index in [4.69, 9.17) is 0 Å². The van der Waals surface area contributed by atoms with Gasteiger partial charge in [-0.25, -0.2) is 8.42 Å². The highest BCUT2D eigenvalue weighted by Crippen LogP contribution is 2.19. The lowest BCUT2D eigenvalue weighted by Crippen LogP contribution is -2.43. The molecule has 0 aromatic carbocycles. The van der Waals surface area contributed by atoms with Crippen molar-refractivity contribution in [1.82, 2.24) is 9.80 Å². The number of sulfonamides is 1. The number of nitrogens with zero attached hydrogens (tertiary/aromatic N) is 3. The molecule has 0 spiro atoms. The van der Waals surface area contributed by atoms with E-state index in [1.165, 1.54) is 0 Å². The van der Waals surface area contributed by atoms with Gasteiger partial charge in [0.25, 0.3) is 15.9 Å². The van der Waals surface area contributed by atoms with Gasteiger partial charge in [-0.05, 0) is 26.0 Å². The molecule has 2 aliphatic heterocycles. The van der Waals surface area contributed by atoms with E-state index in [9.17, 15) is 13.2 Å². The van der Waals surface area contributed by atoms with Gasteiger partial charge >= 0.3 is 0 Å². The predicted molar refractivity (Wildman–Crippen MR) is 82.2 cm³/mol. The fourth-order valence-corrected chi connectivity index (χ4v) is 3.19. The van der Waals surface area contributed by atoms with Crippen LogP contribution in [0.2, 0.25) is 0 Å². The molecule has 0 N–H and O–H groups in total. The standard InChI is InChI=1S/C14H19N3O3S/c1-4-16(10-11(2)3)14(18)12-6-5-7-17-8-9-21(19,20)15-13(12)17/h5-7H,2,4,8-10H2,1,3H3. The number of amides is 1. The summed E-state index contributed by atoms with van der Waals surface area (Å²) >= 11 is 0. The van der Waals surface area contributed by atoms with Crippen molar-refractivity contribution in [3.63, 3.8) is 0 Å². The van der Waals surface area contributed by atoms with Gasteiger partial charge in [-0.1, -0.05) is 12.2 Å². The zero-order valence-electron chi connectivity index (χ0n) is 12.2. The Morgan fingerprint density at radius 3 is 2.86 bits per heavy atom. The number of carbonyl (C=O) groups excluding carboxylic acids is 1. The predicted octanol–water partition coefficient (Wildman–Crippen LogP) is 0.909. The van der Waals surface area contributed by atoms with Crippen LogP contribution in [0, 0.1) is 0 Å². The van der Waals surface area contributed by atoms with Crippen molar-refractivity contribution in [2.24, 2.45) is 4.40 Å². The molecule has 1 amide bonds. The van der Waals surface area contributed by atoms with Crippen molar-refractivity contribution in [3.05, 3.63) is 36.1 Å². The first-order valence-corrected chi connectivity index (χ1v) is 8.37. The number of allylic oxidation sites excluding steroid dienone is 2. The molecular formula is C14H19N3O3S. The maximum Gasteiger partial charge on any atom is 0.257 e.